The average Bonchev–Trinajstić information content (AvgIpc) is 2.79. The van der Waals surface area contributed by atoms with Gasteiger partial charge in [0, 0.05) is 24.2 Å². The minimum atomic E-state index is -0.244. The minimum absolute atomic E-state index is 0.244. The number of pyridine rings is 1. The molecule has 160 valence electrons. The molecule has 6 heteroatoms. The van der Waals surface area contributed by atoms with Crippen molar-refractivity contribution in [3.63, 3.8) is 0 Å². The Morgan fingerprint density at radius 1 is 1.06 bits per heavy atom. The molecular weight excluding hydrogens is 392 g/mol. The molecule has 0 bridgehead atoms. The maximum Gasteiger partial charge on any atom is 0.213 e. The summed E-state index contributed by atoms with van der Waals surface area (Å²) in [6, 6.07) is 15.3. The van der Waals surface area contributed by atoms with Gasteiger partial charge in [0.05, 0.1) is 12.6 Å². The van der Waals surface area contributed by atoms with Crippen molar-refractivity contribution >= 4 is 6.29 Å². The van der Waals surface area contributed by atoms with Gasteiger partial charge in [0.25, 0.3) is 0 Å². The monoisotopic (exact) mass is 418 g/mol. The summed E-state index contributed by atoms with van der Waals surface area (Å²) in [7, 11) is 0. The smallest absolute Gasteiger partial charge is 0.213 e. The Kier molecular flexibility index (Phi) is 7.49. The van der Waals surface area contributed by atoms with Crippen LogP contribution in [0.1, 0.15) is 40.4 Å². The second-order valence-electron chi connectivity index (χ2n) is 7.49. The zero-order valence-corrected chi connectivity index (χ0v) is 18.0. The number of ether oxygens (including phenoxy) is 2. The van der Waals surface area contributed by atoms with Crippen LogP contribution in [-0.4, -0.2) is 23.9 Å². The molecule has 0 N–H and O–H groups in total. The third-order valence-corrected chi connectivity index (χ3v) is 5.19. The van der Waals surface area contributed by atoms with Crippen molar-refractivity contribution in [3.05, 3.63) is 81.9 Å². The second-order valence-corrected chi connectivity index (χ2v) is 7.49. The summed E-state index contributed by atoms with van der Waals surface area (Å²) in [6.45, 7) is 6.75. The van der Waals surface area contributed by atoms with Crippen LogP contribution in [0.3, 0.4) is 0 Å². The Morgan fingerprint density at radius 3 is 2.58 bits per heavy atom. The molecule has 31 heavy (non-hydrogen) atoms. The molecule has 0 aliphatic heterocycles. The standard InChI is InChI=1S/C25H26N2O4/c1-17-13-22(30-12-11-18(2)27-29)8-9-23(17)24-6-4-5-21(19(24)3)16-31-25-10-7-20(15-28)14-26-25/h4-10,13-15,18H,11-12,16H2,1-3H3/t18-/m1/s1. The van der Waals surface area contributed by atoms with Crippen LogP contribution >= 0.6 is 0 Å². The van der Waals surface area contributed by atoms with Crippen LogP contribution in [0.4, 0.5) is 0 Å². The summed E-state index contributed by atoms with van der Waals surface area (Å²) < 4.78 is 11.6. The van der Waals surface area contributed by atoms with Crippen molar-refractivity contribution in [1.82, 2.24) is 4.98 Å². The Labute approximate surface area is 182 Å². The average molecular weight is 418 g/mol. The van der Waals surface area contributed by atoms with Crippen LogP contribution in [-0.2, 0) is 6.61 Å². The molecule has 1 atom stereocenters. The van der Waals surface area contributed by atoms with Gasteiger partial charge in [-0.15, -0.1) is 0 Å². The van der Waals surface area contributed by atoms with Gasteiger partial charge in [0.1, 0.15) is 12.4 Å². The van der Waals surface area contributed by atoms with E-state index in [0.29, 0.717) is 31.1 Å². The van der Waals surface area contributed by atoms with Gasteiger partial charge in [0.2, 0.25) is 5.88 Å². The Balaban J connectivity index is 1.72. The summed E-state index contributed by atoms with van der Waals surface area (Å²) in [5, 5.41) is 2.99. The molecular formula is C25H26N2O4. The van der Waals surface area contributed by atoms with Gasteiger partial charge in [-0.05, 0) is 66.8 Å². The van der Waals surface area contributed by atoms with Gasteiger partial charge in [-0.3, -0.25) is 4.79 Å². The predicted octanol–water partition coefficient (Wildman–Crippen LogP) is 5.68. The van der Waals surface area contributed by atoms with Crippen molar-refractivity contribution < 1.29 is 14.3 Å². The minimum Gasteiger partial charge on any atom is -0.494 e. The van der Waals surface area contributed by atoms with E-state index in [1.807, 2.05) is 24.3 Å². The van der Waals surface area contributed by atoms with Crippen molar-refractivity contribution in [1.29, 1.82) is 0 Å². The lowest BCUT2D eigenvalue weighted by Gasteiger charge is -2.15. The first-order valence-corrected chi connectivity index (χ1v) is 10.2. The molecule has 3 aromatic rings. The summed E-state index contributed by atoms with van der Waals surface area (Å²) in [6.07, 6.45) is 2.85. The highest BCUT2D eigenvalue weighted by atomic mass is 16.5. The highest BCUT2D eigenvalue weighted by molar-refractivity contribution is 5.74. The Bertz CT molecular complexity index is 1050. The molecule has 0 radical (unpaired) electrons. The van der Waals surface area contributed by atoms with Crippen LogP contribution in [0, 0.1) is 18.8 Å². The zero-order chi connectivity index (χ0) is 22.2. The fraction of sp³-hybridized carbons (Fsp3) is 0.280. The lowest BCUT2D eigenvalue weighted by Crippen LogP contribution is -2.06. The molecule has 0 saturated carbocycles. The van der Waals surface area contributed by atoms with Crippen molar-refractivity contribution in [2.24, 2.45) is 5.18 Å². The first-order chi connectivity index (χ1) is 15.0. The van der Waals surface area contributed by atoms with E-state index in [0.717, 1.165) is 39.9 Å². The lowest BCUT2D eigenvalue weighted by molar-refractivity contribution is 0.112. The number of aryl methyl sites for hydroxylation is 1. The van der Waals surface area contributed by atoms with Crippen LogP contribution in [0.2, 0.25) is 0 Å². The van der Waals surface area contributed by atoms with E-state index in [1.165, 1.54) is 6.20 Å². The van der Waals surface area contributed by atoms with Crippen molar-refractivity contribution in [3.8, 4) is 22.8 Å². The normalized spacial score (nSPS) is 11.6. The number of nitroso groups, excluding NO2 is 1. The number of hydrogen-bond donors (Lipinski definition) is 0. The van der Waals surface area contributed by atoms with Gasteiger partial charge >= 0.3 is 0 Å². The first kappa shape index (κ1) is 22.2. The van der Waals surface area contributed by atoms with E-state index < -0.39 is 0 Å². The molecule has 0 fully saturated rings. The van der Waals surface area contributed by atoms with Gasteiger partial charge in [-0.25, -0.2) is 4.98 Å². The molecule has 0 unspecified atom stereocenters. The molecule has 1 aromatic heterocycles. The summed E-state index contributed by atoms with van der Waals surface area (Å²) in [5.41, 5.74) is 6.08. The Morgan fingerprint density at radius 2 is 1.90 bits per heavy atom. The number of carbonyl (C=O) groups is 1. The van der Waals surface area contributed by atoms with Crippen molar-refractivity contribution in [2.45, 2.75) is 39.8 Å². The van der Waals surface area contributed by atoms with Gasteiger partial charge in [0.15, 0.2) is 6.29 Å². The largest absolute Gasteiger partial charge is 0.494 e. The van der Waals surface area contributed by atoms with Crippen LogP contribution < -0.4 is 9.47 Å². The number of aldehydes is 1. The molecule has 2 aromatic carbocycles. The van der Waals surface area contributed by atoms with E-state index in [9.17, 15) is 9.70 Å². The fourth-order valence-corrected chi connectivity index (χ4v) is 3.26. The number of hydrogen-bond acceptors (Lipinski definition) is 6. The summed E-state index contributed by atoms with van der Waals surface area (Å²) >= 11 is 0. The fourth-order valence-electron chi connectivity index (χ4n) is 3.26. The molecule has 0 aliphatic carbocycles. The van der Waals surface area contributed by atoms with Gasteiger partial charge in [-0.1, -0.05) is 29.4 Å². The predicted molar refractivity (Wildman–Crippen MR) is 121 cm³/mol. The maximum atomic E-state index is 10.8. The second kappa shape index (κ2) is 10.5. The van der Waals surface area contributed by atoms with E-state index in [-0.39, 0.29) is 6.04 Å². The van der Waals surface area contributed by atoms with Gasteiger partial charge in [-0.2, -0.15) is 4.91 Å². The number of nitrogens with zero attached hydrogens (tertiary/aromatic N) is 2. The third kappa shape index (κ3) is 5.75. The zero-order valence-electron chi connectivity index (χ0n) is 18.0. The molecule has 0 amide bonds. The summed E-state index contributed by atoms with van der Waals surface area (Å²) in [5.74, 6) is 1.26. The molecule has 0 aliphatic rings. The highest BCUT2D eigenvalue weighted by Crippen LogP contribution is 2.31. The van der Waals surface area contributed by atoms with Crippen LogP contribution in [0.15, 0.2) is 59.9 Å². The molecule has 0 saturated heterocycles. The molecule has 0 spiro atoms. The third-order valence-electron chi connectivity index (χ3n) is 5.19. The highest BCUT2D eigenvalue weighted by Gasteiger charge is 2.11. The summed E-state index contributed by atoms with van der Waals surface area (Å²) in [4.78, 5) is 25.4. The van der Waals surface area contributed by atoms with E-state index in [2.05, 4.69) is 36.1 Å². The molecule has 3 rings (SSSR count). The SMILES string of the molecule is Cc1cc(OCC[C@@H](C)N=O)ccc1-c1cccc(COc2ccc(C=O)cn2)c1C. The molecule has 6 nitrogen and oxygen atoms in total. The van der Waals surface area contributed by atoms with E-state index >= 15 is 0 Å². The number of carbonyl (C=O) groups excluding carboxylic acids is 1. The maximum absolute atomic E-state index is 10.8. The number of aromatic nitrogens is 1. The Hall–Kier alpha value is -3.54. The number of benzene rings is 2. The van der Waals surface area contributed by atoms with Crippen molar-refractivity contribution in [2.75, 3.05) is 6.61 Å². The number of rotatable bonds is 10. The first-order valence-electron chi connectivity index (χ1n) is 10.2. The van der Waals surface area contributed by atoms with Gasteiger partial charge < -0.3 is 9.47 Å². The topological polar surface area (TPSA) is 77.9 Å². The van der Waals surface area contributed by atoms with E-state index in [1.54, 1.807) is 19.1 Å². The molecule has 1 heterocycles. The van der Waals surface area contributed by atoms with Crippen LogP contribution in [0.5, 0.6) is 11.6 Å². The van der Waals surface area contributed by atoms with E-state index in [4.69, 9.17) is 9.47 Å². The van der Waals surface area contributed by atoms with Crippen LogP contribution in [0.25, 0.3) is 11.1 Å². The lowest BCUT2D eigenvalue weighted by atomic mass is 9.94. The quantitative estimate of drug-likeness (QED) is 0.313.